The van der Waals surface area contributed by atoms with Gasteiger partial charge in [0.15, 0.2) is 6.54 Å². The molecule has 0 radical (unpaired) electrons. The Balaban J connectivity index is 1.26. The zero-order chi connectivity index (χ0) is 20.8. The number of carbonyl (C=O) groups excluding carboxylic acids is 1. The fourth-order valence-corrected chi connectivity index (χ4v) is 5.22. The summed E-state index contributed by atoms with van der Waals surface area (Å²) < 4.78 is 5.50. The Kier molecular flexibility index (Phi) is 7.38. The first kappa shape index (κ1) is 21.3. The highest BCUT2D eigenvalue weighted by Crippen LogP contribution is 2.20. The molecule has 1 unspecified atom stereocenters. The van der Waals surface area contributed by atoms with Gasteiger partial charge in [-0.25, -0.2) is 0 Å². The van der Waals surface area contributed by atoms with Crippen LogP contribution in [0.2, 0.25) is 0 Å². The zero-order valence-corrected chi connectivity index (χ0v) is 18.8. The van der Waals surface area contributed by atoms with Gasteiger partial charge in [-0.1, -0.05) is 24.3 Å². The first-order chi connectivity index (χ1) is 14.7. The van der Waals surface area contributed by atoms with Crippen LogP contribution in [0.3, 0.4) is 0 Å². The number of hydrogen-bond donors (Lipinski definition) is 2. The van der Waals surface area contributed by atoms with E-state index in [9.17, 15) is 4.79 Å². The van der Waals surface area contributed by atoms with Crippen molar-refractivity contribution in [2.24, 2.45) is 0 Å². The van der Waals surface area contributed by atoms with Gasteiger partial charge in [0.25, 0.3) is 5.91 Å². The molecular weight excluding hydrogens is 396 g/mol. The van der Waals surface area contributed by atoms with Crippen LogP contribution in [0.1, 0.15) is 10.4 Å². The fraction of sp³-hybridized carbons (Fsp3) is 0.522. The molecule has 0 aliphatic carbocycles. The summed E-state index contributed by atoms with van der Waals surface area (Å²) in [7, 11) is 2.13. The number of ether oxygens (including phenoxy) is 1. The van der Waals surface area contributed by atoms with E-state index in [-0.39, 0.29) is 5.91 Å². The predicted molar refractivity (Wildman–Crippen MR) is 120 cm³/mol. The lowest BCUT2D eigenvalue weighted by Crippen LogP contribution is -3.14. The number of piperazine rings is 1. The van der Waals surface area contributed by atoms with E-state index in [1.54, 1.807) is 4.90 Å². The van der Waals surface area contributed by atoms with Crippen molar-refractivity contribution < 1.29 is 19.3 Å². The van der Waals surface area contributed by atoms with Crippen LogP contribution in [0, 0.1) is 0 Å². The second kappa shape index (κ2) is 10.4. The van der Waals surface area contributed by atoms with Gasteiger partial charge < -0.3 is 24.3 Å². The van der Waals surface area contributed by atoms with Gasteiger partial charge in [0.1, 0.15) is 13.1 Å². The Bertz CT molecular complexity index is 799. The summed E-state index contributed by atoms with van der Waals surface area (Å²) in [4.78, 5) is 21.6. The first-order valence-corrected chi connectivity index (χ1v) is 11.9. The first-order valence-electron chi connectivity index (χ1n) is 11.0. The number of nitrogens with zero attached hydrogens (tertiary/aromatic N) is 2. The van der Waals surface area contributed by atoms with Crippen molar-refractivity contribution in [2.75, 3.05) is 71.0 Å². The number of likely N-dealkylation sites (N-methyl/N-ethyl adjacent to an activating group) is 1. The largest absolute Gasteiger partial charge is 0.378 e. The van der Waals surface area contributed by atoms with Crippen molar-refractivity contribution in [2.45, 2.75) is 13.1 Å². The molecule has 0 saturated carbocycles. The van der Waals surface area contributed by atoms with E-state index in [0.29, 0.717) is 6.54 Å². The van der Waals surface area contributed by atoms with Crippen LogP contribution >= 0.6 is 11.3 Å². The van der Waals surface area contributed by atoms with Crippen molar-refractivity contribution in [3.05, 3.63) is 52.2 Å². The molecule has 1 atom stereocenters. The third-order valence-electron chi connectivity index (χ3n) is 6.12. The summed E-state index contributed by atoms with van der Waals surface area (Å²) in [6.45, 7) is 9.79. The molecule has 3 heterocycles. The number of amides is 1. The van der Waals surface area contributed by atoms with Gasteiger partial charge in [-0.15, -0.1) is 11.3 Å². The standard InChI is InChI=1S/C23H32N4O2S/c1-24(17-20-5-2-3-7-22(20)26-12-14-29-15-13-26)19-23(28)27-10-8-25(9-11-27)18-21-6-4-16-30-21/h2-7,16H,8-15,17-19H2,1H3/p+2. The molecule has 0 bridgehead atoms. The fourth-order valence-electron chi connectivity index (χ4n) is 4.44. The van der Waals surface area contributed by atoms with Gasteiger partial charge in [0.2, 0.25) is 0 Å². The molecule has 30 heavy (non-hydrogen) atoms. The SMILES string of the molecule is C[NH+](CC(=O)N1CC[NH+](Cc2cccs2)CC1)Cc1ccccc1N1CCOCC1. The topological polar surface area (TPSA) is 41.7 Å². The Labute approximate surface area is 183 Å². The highest BCUT2D eigenvalue weighted by atomic mass is 32.1. The lowest BCUT2D eigenvalue weighted by molar-refractivity contribution is -0.917. The molecule has 7 heteroatoms. The van der Waals surface area contributed by atoms with Gasteiger partial charge in [0, 0.05) is 24.3 Å². The Hall–Kier alpha value is -1.93. The zero-order valence-electron chi connectivity index (χ0n) is 17.9. The number of hydrogen-bond acceptors (Lipinski definition) is 4. The van der Waals surface area contributed by atoms with Gasteiger partial charge in [-0.05, 0) is 17.5 Å². The van der Waals surface area contributed by atoms with Crippen LogP contribution in [0.25, 0.3) is 0 Å². The van der Waals surface area contributed by atoms with Crippen LogP contribution < -0.4 is 14.7 Å². The number of quaternary nitrogens is 2. The third kappa shape index (κ3) is 5.60. The summed E-state index contributed by atoms with van der Waals surface area (Å²) in [6, 6.07) is 12.9. The summed E-state index contributed by atoms with van der Waals surface area (Å²) in [5.41, 5.74) is 2.60. The van der Waals surface area contributed by atoms with Crippen molar-refractivity contribution in [3.63, 3.8) is 0 Å². The molecule has 162 valence electrons. The maximum absolute atomic E-state index is 12.9. The molecule has 0 spiro atoms. The smallest absolute Gasteiger partial charge is 0.278 e. The van der Waals surface area contributed by atoms with Crippen molar-refractivity contribution in [1.29, 1.82) is 0 Å². The van der Waals surface area contributed by atoms with E-state index >= 15 is 0 Å². The summed E-state index contributed by atoms with van der Waals surface area (Å²) >= 11 is 1.83. The molecule has 2 saturated heterocycles. The molecule has 1 amide bonds. The molecule has 4 rings (SSSR count). The quantitative estimate of drug-likeness (QED) is 0.624. The number of morpholine rings is 1. The molecule has 2 aromatic rings. The molecule has 6 nitrogen and oxygen atoms in total. The number of thiophene rings is 1. The molecule has 2 N–H and O–H groups in total. The summed E-state index contributed by atoms with van der Waals surface area (Å²) in [5, 5.41) is 2.14. The Morgan fingerprint density at radius 1 is 1.10 bits per heavy atom. The molecule has 2 aliphatic rings. The highest BCUT2D eigenvalue weighted by molar-refractivity contribution is 7.09. The lowest BCUT2D eigenvalue weighted by atomic mass is 10.1. The van der Waals surface area contributed by atoms with E-state index < -0.39 is 0 Å². The van der Waals surface area contributed by atoms with Gasteiger partial charge in [0.05, 0.1) is 51.3 Å². The summed E-state index contributed by atoms with van der Waals surface area (Å²) in [6.07, 6.45) is 0. The highest BCUT2D eigenvalue weighted by Gasteiger charge is 2.26. The van der Waals surface area contributed by atoms with E-state index in [1.165, 1.54) is 21.0 Å². The maximum atomic E-state index is 12.9. The maximum Gasteiger partial charge on any atom is 0.278 e. The minimum atomic E-state index is 0.284. The normalized spacial score (nSPS) is 19.1. The van der Waals surface area contributed by atoms with E-state index in [0.717, 1.165) is 65.6 Å². The molecule has 2 aliphatic heterocycles. The summed E-state index contributed by atoms with van der Waals surface area (Å²) in [5.74, 6) is 0.284. The van der Waals surface area contributed by atoms with Crippen LogP contribution in [0.15, 0.2) is 41.8 Å². The average Bonchev–Trinajstić information content (AvgIpc) is 3.28. The van der Waals surface area contributed by atoms with Crippen LogP contribution in [-0.4, -0.2) is 76.9 Å². The van der Waals surface area contributed by atoms with E-state index in [1.807, 2.05) is 11.3 Å². The van der Waals surface area contributed by atoms with Gasteiger partial charge >= 0.3 is 0 Å². The monoisotopic (exact) mass is 430 g/mol. The van der Waals surface area contributed by atoms with E-state index in [4.69, 9.17) is 4.74 Å². The predicted octanol–water partition coefficient (Wildman–Crippen LogP) is -0.473. The Morgan fingerprint density at radius 3 is 2.60 bits per heavy atom. The van der Waals surface area contributed by atoms with Gasteiger partial charge in [-0.2, -0.15) is 0 Å². The average molecular weight is 431 g/mol. The number of carbonyl (C=O) groups is 1. The molecule has 1 aromatic carbocycles. The second-order valence-electron chi connectivity index (χ2n) is 8.43. The van der Waals surface area contributed by atoms with Crippen molar-refractivity contribution >= 4 is 22.9 Å². The minimum Gasteiger partial charge on any atom is -0.378 e. The molecular formula is C23H34N4O2S+2. The number of anilines is 1. The Morgan fingerprint density at radius 2 is 1.87 bits per heavy atom. The number of nitrogens with one attached hydrogen (secondary N) is 2. The number of benzene rings is 1. The minimum absolute atomic E-state index is 0.284. The van der Waals surface area contributed by atoms with Crippen LogP contribution in [0.5, 0.6) is 0 Å². The van der Waals surface area contributed by atoms with Crippen molar-refractivity contribution in [1.82, 2.24) is 4.90 Å². The lowest BCUT2D eigenvalue weighted by Gasteiger charge is -2.33. The van der Waals surface area contributed by atoms with Crippen LogP contribution in [-0.2, 0) is 22.6 Å². The number of para-hydroxylation sites is 1. The third-order valence-corrected chi connectivity index (χ3v) is 6.99. The molecule has 2 fully saturated rings. The van der Waals surface area contributed by atoms with Crippen molar-refractivity contribution in [3.8, 4) is 0 Å². The van der Waals surface area contributed by atoms with Crippen LogP contribution in [0.4, 0.5) is 5.69 Å². The second-order valence-corrected chi connectivity index (χ2v) is 9.46. The molecule has 1 aromatic heterocycles. The van der Waals surface area contributed by atoms with E-state index in [2.05, 4.69) is 58.6 Å². The number of rotatable bonds is 7. The van der Waals surface area contributed by atoms with Gasteiger partial charge in [-0.3, -0.25) is 4.79 Å².